The Labute approximate surface area is 231 Å². The smallest absolute Gasteiger partial charge is 0.251 e. The summed E-state index contributed by atoms with van der Waals surface area (Å²) in [5.41, 5.74) is 4.30. The fourth-order valence-corrected chi connectivity index (χ4v) is 4.65. The van der Waals surface area contributed by atoms with Gasteiger partial charge in [-0.1, -0.05) is 63.1 Å². The second kappa shape index (κ2) is 13.0. The lowest BCUT2D eigenvalue weighted by atomic mass is 9.87. The number of carbonyl (C=O) groups is 1. The molecule has 0 aliphatic heterocycles. The number of fused-ring (bicyclic) bond motifs is 1. The van der Waals surface area contributed by atoms with Gasteiger partial charge in [0.05, 0.1) is 17.6 Å². The Morgan fingerprint density at radius 1 is 0.921 bits per heavy atom. The predicted molar refractivity (Wildman–Crippen MR) is 156 cm³/mol. The van der Waals surface area contributed by atoms with E-state index in [-0.39, 0.29) is 11.3 Å². The van der Waals surface area contributed by atoms with Gasteiger partial charge in [-0.25, -0.2) is 4.98 Å². The molecule has 0 radical (unpaired) electrons. The van der Waals surface area contributed by atoms with Gasteiger partial charge in [-0.05, 0) is 78.8 Å². The van der Waals surface area contributed by atoms with Crippen LogP contribution in [0.3, 0.4) is 0 Å². The second-order valence-corrected chi connectivity index (χ2v) is 11.2. The van der Waals surface area contributed by atoms with Crippen LogP contribution in [-0.2, 0) is 18.4 Å². The highest BCUT2D eigenvalue weighted by atomic mass is 35.5. The second-order valence-electron chi connectivity index (χ2n) is 10.7. The molecule has 0 atom stereocenters. The maximum atomic E-state index is 12.2. The summed E-state index contributed by atoms with van der Waals surface area (Å²) in [5, 5.41) is 3.62. The molecule has 0 spiro atoms. The molecule has 38 heavy (non-hydrogen) atoms. The van der Waals surface area contributed by atoms with E-state index in [9.17, 15) is 4.79 Å². The largest absolute Gasteiger partial charge is 0.494 e. The van der Waals surface area contributed by atoms with Gasteiger partial charge in [-0.2, -0.15) is 0 Å². The van der Waals surface area contributed by atoms with Crippen molar-refractivity contribution >= 4 is 28.5 Å². The fourth-order valence-electron chi connectivity index (χ4n) is 4.52. The number of hydrogen-bond acceptors (Lipinski definition) is 3. The summed E-state index contributed by atoms with van der Waals surface area (Å²) in [6, 6.07) is 23.7. The Bertz CT molecular complexity index is 1320. The maximum Gasteiger partial charge on any atom is 0.251 e. The van der Waals surface area contributed by atoms with Crippen molar-refractivity contribution in [3.05, 3.63) is 94.8 Å². The maximum absolute atomic E-state index is 12.2. The number of hydrogen-bond donors (Lipinski definition) is 1. The molecule has 0 saturated carbocycles. The Hall–Kier alpha value is -3.31. The molecule has 0 bridgehead atoms. The molecule has 3 aromatic carbocycles. The highest BCUT2D eigenvalue weighted by molar-refractivity contribution is 6.30. The van der Waals surface area contributed by atoms with Gasteiger partial charge >= 0.3 is 0 Å². The van der Waals surface area contributed by atoms with Crippen LogP contribution in [0.25, 0.3) is 11.0 Å². The molecular weight excluding hydrogens is 494 g/mol. The van der Waals surface area contributed by atoms with E-state index >= 15 is 0 Å². The summed E-state index contributed by atoms with van der Waals surface area (Å²) in [5.74, 6) is 1.97. The molecule has 0 unspecified atom stereocenters. The minimum atomic E-state index is -0.0594. The standard InChI is InChI=1S/C32H38ClN3O2/c1-32(2,3)25-15-19-27(20-16-25)38-23-9-22-36-29-11-7-6-10-28(29)35-30(36)12-5-4-8-21-34-31(37)24-13-17-26(33)18-14-24/h6-7,10-11,13-20H,4-5,8-9,12,21-23H2,1-3H3,(H,34,37). The molecule has 0 saturated heterocycles. The van der Waals surface area contributed by atoms with Crippen LogP contribution >= 0.6 is 11.6 Å². The molecule has 4 aromatic rings. The lowest BCUT2D eigenvalue weighted by Gasteiger charge is -2.19. The quantitative estimate of drug-likeness (QED) is 0.191. The van der Waals surface area contributed by atoms with Gasteiger partial charge in [-0.15, -0.1) is 0 Å². The zero-order valence-electron chi connectivity index (χ0n) is 22.7. The van der Waals surface area contributed by atoms with Gasteiger partial charge < -0.3 is 14.6 Å². The van der Waals surface area contributed by atoms with Crippen LogP contribution in [0.1, 0.15) is 68.2 Å². The topological polar surface area (TPSA) is 56.1 Å². The number of imidazole rings is 1. The molecular formula is C32H38ClN3O2. The Morgan fingerprint density at radius 3 is 2.39 bits per heavy atom. The van der Waals surface area contributed by atoms with E-state index in [4.69, 9.17) is 21.3 Å². The number of halogens is 1. The van der Waals surface area contributed by atoms with Gasteiger partial charge in [0.1, 0.15) is 11.6 Å². The highest BCUT2D eigenvalue weighted by Gasteiger charge is 2.13. The van der Waals surface area contributed by atoms with Crippen LogP contribution in [-0.4, -0.2) is 28.6 Å². The number of unbranched alkanes of at least 4 members (excludes halogenated alkanes) is 2. The van der Waals surface area contributed by atoms with E-state index < -0.39 is 0 Å². The zero-order valence-corrected chi connectivity index (χ0v) is 23.4. The average molecular weight is 532 g/mol. The van der Waals surface area contributed by atoms with Crippen LogP contribution in [0, 0.1) is 0 Å². The summed E-state index contributed by atoms with van der Waals surface area (Å²) < 4.78 is 8.37. The van der Waals surface area contributed by atoms with Crippen molar-refractivity contribution < 1.29 is 9.53 Å². The Kier molecular flexibility index (Phi) is 9.46. The Morgan fingerprint density at radius 2 is 1.66 bits per heavy atom. The minimum absolute atomic E-state index is 0.0594. The van der Waals surface area contributed by atoms with Crippen molar-refractivity contribution in [1.29, 1.82) is 0 Å². The molecule has 4 rings (SSSR count). The summed E-state index contributed by atoms with van der Waals surface area (Å²) in [6.07, 6.45) is 4.80. The fraction of sp³-hybridized carbons (Fsp3) is 0.375. The van der Waals surface area contributed by atoms with E-state index in [0.717, 1.165) is 55.7 Å². The monoisotopic (exact) mass is 531 g/mol. The summed E-state index contributed by atoms with van der Waals surface area (Å²) in [7, 11) is 0. The lowest BCUT2D eigenvalue weighted by Crippen LogP contribution is -2.24. The predicted octanol–water partition coefficient (Wildman–Crippen LogP) is 7.60. The molecule has 1 amide bonds. The first kappa shape index (κ1) is 27.7. The van der Waals surface area contributed by atoms with Gasteiger partial charge in [0.25, 0.3) is 5.91 Å². The molecule has 1 heterocycles. The molecule has 1 aromatic heterocycles. The van der Waals surface area contributed by atoms with Gasteiger partial charge in [0, 0.05) is 30.1 Å². The van der Waals surface area contributed by atoms with Crippen molar-refractivity contribution in [2.45, 2.75) is 64.8 Å². The molecule has 5 nitrogen and oxygen atoms in total. The van der Waals surface area contributed by atoms with Crippen LogP contribution in [0.4, 0.5) is 0 Å². The SMILES string of the molecule is CC(C)(C)c1ccc(OCCCn2c(CCCCCNC(=O)c3ccc(Cl)cc3)nc3ccccc32)cc1. The normalized spacial score (nSPS) is 11.6. The van der Waals surface area contributed by atoms with E-state index in [1.54, 1.807) is 24.3 Å². The lowest BCUT2D eigenvalue weighted by molar-refractivity contribution is 0.0953. The zero-order chi connectivity index (χ0) is 27.0. The number of ether oxygens (including phenoxy) is 1. The number of carbonyl (C=O) groups excluding carboxylic acids is 1. The van der Waals surface area contributed by atoms with E-state index in [1.165, 1.54) is 11.1 Å². The van der Waals surface area contributed by atoms with Gasteiger partial charge in [0.2, 0.25) is 0 Å². The number of benzene rings is 3. The number of nitrogens with one attached hydrogen (secondary N) is 1. The molecule has 0 aliphatic carbocycles. The number of aromatic nitrogens is 2. The summed E-state index contributed by atoms with van der Waals surface area (Å²) >= 11 is 5.90. The van der Waals surface area contributed by atoms with E-state index in [1.807, 2.05) is 6.07 Å². The molecule has 6 heteroatoms. The third-order valence-electron chi connectivity index (χ3n) is 6.72. The number of nitrogens with zero attached hydrogens (tertiary/aromatic N) is 2. The Balaban J connectivity index is 1.24. The summed E-state index contributed by atoms with van der Waals surface area (Å²) in [4.78, 5) is 17.2. The van der Waals surface area contributed by atoms with Crippen LogP contribution in [0.5, 0.6) is 5.75 Å². The molecule has 1 N–H and O–H groups in total. The highest BCUT2D eigenvalue weighted by Crippen LogP contribution is 2.24. The number of amides is 1. The third kappa shape index (κ3) is 7.61. The first-order chi connectivity index (χ1) is 18.3. The van der Waals surface area contributed by atoms with Gasteiger partial charge in [0.15, 0.2) is 0 Å². The first-order valence-electron chi connectivity index (χ1n) is 13.5. The summed E-state index contributed by atoms with van der Waals surface area (Å²) in [6.45, 7) is 8.84. The number of aryl methyl sites for hydroxylation is 2. The molecule has 200 valence electrons. The average Bonchev–Trinajstić information content (AvgIpc) is 3.26. The van der Waals surface area contributed by atoms with Crippen LogP contribution in [0.2, 0.25) is 5.02 Å². The van der Waals surface area contributed by atoms with Gasteiger partial charge in [-0.3, -0.25) is 4.79 Å². The van der Waals surface area contributed by atoms with E-state index in [2.05, 4.69) is 73.1 Å². The number of para-hydroxylation sites is 2. The van der Waals surface area contributed by atoms with E-state index in [0.29, 0.717) is 23.7 Å². The van der Waals surface area contributed by atoms with Crippen molar-refractivity contribution in [3.63, 3.8) is 0 Å². The molecule has 0 aliphatic rings. The molecule has 0 fully saturated rings. The van der Waals surface area contributed by atoms with Crippen LogP contribution < -0.4 is 10.1 Å². The van der Waals surface area contributed by atoms with Crippen molar-refractivity contribution in [2.24, 2.45) is 0 Å². The first-order valence-corrected chi connectivity index (χ1v) is 13.9. The van der Waals surface area contributed by atoms with Crippen molar-refractivity contribution in [2.75, 3.05) is 13.2 Å². The third-order valence-corrected chi connectivity index (χ3v) is 6.97. The van der Waals surface area contributed by atoms with Crippen LogP contribution in [0.15, 0.2) is 72.8 Å². The van der Waals surface area contributed by atoms with Crippen molar-refractivity contribution in [3.8, 4) is 5.75 Å². The minimum Gasteiger partial charge on any atom is -0.494 e. The number of rotatable bonds is 12. The van der Waals surface area contributed by atoms with Crippen molar-refractivity contribution in [1.82, 2.24) is 14.9 Å².